The standard InChI is InChI=1S/C17H19ClN4O3/c18-12-3-1-11(2-4-12)14-20-16(17(5-6-17)15(19)23)22(21-14)9-13-10-24-7-8-25-13/h1-4,13H,5-10H2,(H2,19,23). The van der Waals surface area contributed by atoms with Gasteiger partial charge in [-0.3, -0.25) is 4.79 Å². The first-order valence-electron chi connectivity index (χ1n) is 8.29. The maximum atomic E-state index is 12.0. The minimum Gasteiger partial charge on any atom is -0.376 e. The van der Waals surface area contributed by atoms with Crippen LogP contribution in [0, 0.1) is 0 Å². The largest absolute Gasteiger partial charge is 0.376 e. The molecular formula is C17H19ClN4O3. The number of hydrogen-bond donors (Lipinski definition) is 1. The molecule has 1 atom stereocenters. The van der Waals surface area contributed by atoms with Crippen molar-refractivity contribution in [1.82, 2.24) is 14.8 Å². The molecule has 0 radical (unpaired) electrons. The molecule has 132 valence electrons. The van der Waals surface area contributed by atoms with Crippen molar-refractivity contribution in [2.24, 2.45) is 5.73 Å². The molecule has 1 amide bonds. The molecule has 1 aliphatic carbocycles. The number of primary amides is 1. The van der Waals surface area contributed by atoms with Crippen LogP contribution < -0.4 is 5.73 Å². The second-order valence-corrected chi connectivity index (χ2v) is 6.90. The van der Waals surface area contributed by atoms with E-state index in [0.29, 0.717) is 55.9 Å². The van der Waals surface area contributed by atoms with Gasteiger partial charge in [-0.25, -0.2) is 9.67 Å². The van der Waals surface area contributed by atoms with Gasteiger partial charge in [-0.1, -0.05) is 11.6 Å². The monoisotopic (exact) mass is 362 g/mol. The van der Waals surface area contributed by atoms with Crippen molar-refractivity contribution >= 4 is 17.5 Å². The van der Waals surface area contributed by atoms with Crippen molar-refractivity contribution in [3.8, 4) is 11.4 Å². The van der Waals surface area contributed by atoms with Gasteiger partial charge in [-0.05, 0) is 37.1 Å². The van der Waals surface area contributed by atoms with Crippen LogP contribution in [0.5, 0.6) is 0 Å². The van der Waals surface area contributed by atoms with Gasteiger partial charge in [0.2, 0.25) is 5.91 Å². The third-order valence-electron chi connectivity index (χ3n) is 4.69. The molecule has 1 aliphatic heterocycles. The Hall–Kier alpha value is -1.96. The Kier molecular flexibility index (Phi) is 4.23. The van der Waals surface area contributed by atoms with Crippen molar-refractivity contribution in [1.29, 1.82) is 0 Å². The summed E-state index contributed by atoms with van der Waals surface area (Å²) >= 11 is 5.95. The number of benzene rings is 1. The third kappa shape index (κ3) is 3.15. The molecule has 1 saturated heterocycles. The van der Waals surface area contributed by atoms with Crippen LogP contribution in [0.3, 0.4) is 0 Å². The highest BCUT2D eigenvalue weighted by molar-refractivity contribution is 6.30. The first kappa shape index (κ1) is 16.5. The second-order valence-electron chi connectivity index (χ2n) is 6.46. The smallest absolute Gasteiger partial charge is 0.231 e. The van der Waals surface area contributed by atoms with Gasteiger partial charge in [0.25, 0.3) is 0 Å². The summed E-state index contributed by atoms with van der Waals surface area (Å²) < 4.78 is 12.9. The predicted molar refractivity (Wildman–Crippen MR) is 91.1 cm³/mol. The van der Waals surface area contributed by atoms with Crippen molar-refractivity contribution in [2.45, 2.75) is 30.9 Å². The van der Waals surface area contributed by atoms with E-state index in [1.165, 1.54) is 0 Å². The molecule has 7 nitrogen and oxygen atoms in total. The van der Waals surface area contributed by atoms with E-state index in [1.54, 1.807) is 16.8 Å². The first-order valence-corrected chi connectivity index (χ1v) is 8.67. The molecule has 1 aromatic carbocycles. The minimum atomic E-state index is -0.715. The molecule has 0 bridgehead atoms. The Labute approximate surface area is 150 Å². The molecule has 8 heteroatoms. The fourth-order valence-corrected chi connectivity index (χ4v) is 3.21. The molecule has 2 heterocycles. The fraction of sp³-hybridized carbons (Fsp3) is 0.471. The highest BCUT2D eigenvalue weighted by atomic mass is 35.5. The summed E-state index contributed by atoms with van der Waals surface area (Å²) in [4.78, 5) is 16.6. The molecule has 4 rings (SSSR count). The van der Waals surface area contributed by atoms with E-state index in [1.807, 2.05) is 12.1 Å². The Morgan fingerprint density at radius 3 is 2.68 bits per heavy atom. The van der Waals surface area contributed by atoms with Crippen LogP contribution in [0.4, 0.5) is 0 Å². The molecule has 1 saturated carbocycles. The lowest BCUT2D eigenvalue weighted by Gasteiger charge is -2.23. The SMILES string of the molecule is NC(=O)C1(c2nc(-c3ccc(Cl)cc3)nn2CC2COCCO2)CC1. The van der Waals surface area contributed by atoms with E-state index in [-0.39, 0.29) is 12.0 Å². The van der Waals surface area contributed by atoms with E-state index in [4.69, 9.17) is 26.8 Å². The Morgan fingerprint density at radius 2 is 2.08 bits per heavy atom. The third-order valence-corrected chi connectivity index (χ3v) is 4.94. The molecule has 25 heavy (non-hydrogen) atoms. The normalized spacial score (nSPS) is 21.9. The number of ether oxygens (including phenoxy) is 2. The van der Waals surface area contributed by atoms with E-state index in [0.717, 1.165) is 5.56 Å². The minimum absolute atomic E-state index is 0.115. The summed E-state index contributed by atoms with van der Waals surface area (Å²) in [5, 5.41) is 5.26. The average Bonchev–Trinajstić information content (AvgIpc) is 3.33. The van der Waals surface area contributed by atoms with Crippen molar-refractivity contribution < 1.29 is 14.3 Å². The van der Waals surface area contributed by atoms with Gasteiger partial charge in [-0.15, -0.1) is 0 Å². The summed E-state index contributed by atoms with van der Waals surface area (Å²) in [6.45, 7) is 2.13. The van der Waals surface area contributed by atoms with Crippen molar-refractivity contribution in [2.75, 3.05) is 19.8 Å². The maximum absolute atomic E-state index is 12.0. The van der Waals surface area contributed by atoms with Gasteiger partial charge in [0.05, 0.1) is 26.4 Å². The van der Waals surface area contributed by atoms with Gasteiger partial charge in [0, 0.05) is 10.6 Å². The molecule has 0 spiro atoms. The number of carbonyl (C=O) groups excluding carboxylic acids is 1. The molecule has 1 unspecified atom stereocenters. The van der Waals surface area contributed by atoms with Gasteiger partial charge < -0.3 is 15.2 Å². The summed E-state index contributed by atoms with van der Waals surface area (Å²) in [7, 11) is 0. The molecule has 2 fully saturated rings. The molecular weight excluding hydrogens is 344 g/mol. The van der Waals surface area contributed by atoms with Crippen LogP contribution >= 0.6 is 11.6 Å². The zero-order valence-electron chi connectivity index (χ0n) is 13.7. The van der Waals surface area contributed by atoms with E-state index < -0.39 is 5.41 Å². The highest BCUT2D eigenvalue weighted by Crippen LogP contribution is 2.47. The lowest BCUT2D eigenvalue weighted by Crippen LogP contribution is -2.36. The fourth-order valence-electron chi connectivity index (χ4n) is 3.08. The molecule has 1 aromatic heterocycles. The van der Waals surface area contributed by atoms with Crippen LogP contribution in [0.15, 0.2) is 24.3 Å². The maximum Gasteiger partial charge on any atom is 0.231 e. The second kappa shape index (κ2) is 6.40. The van der Waals surface area contributed by atoms with E-state index in [9.17, 15) is 4.79 Å². The van der Waals surface area contributed by atoms with Crippen molar-refractivity contribution in [3.63, 3.8) is 0 Å². The predicted octanol–water partition coefficient (Wildman–Crippen LogP) is 1.53. The number of halogens is 1. The number of amides is 1. The zero-order chi connectivity index (χ0) is 17.4. The van der Waals surface area contributed by atoms with E-state index >= 15 is 0 Å². The Balaban J connectivity index is 1.70. The van der Waals surface area contributed by atoms with Crippen LogP contribution in [-0.4, -0.2) is 46.6 Å². The van der Waals surface area contributed by atoms with Crippen LogP contribution in [0.25, 0.3) is 11.4 Å². The molecule has 2 aliphatic rings. The number of hydrogen-bond acceptors (Lipinski definition) is 5. The summed E-state index contributed by atoms with van der Waals surface area (Å²) in [5.41, 5.74) is 5.76. The number of nitrogens with zero attached hydrogens (tertiary/aromatic N) is 3. The van der Waals surface area contributed by atoms with E-state index in [2.05, 4.69) is 10.1 Å². The Morgan fingerprint density at radius 1 is 1.32 bits per heavy atom. The number of carbonyl (C=O) groups is 1. The summed E-state index contributed by atoms with van der Waals surface area (Å²) in [6, 6.07) is 7.29. The number of nitrogens with two attached hydrogens (primary N) is 1. The van der Waals surface area contributed by atoms with Crippen molar-refractivity contribution in [3.05, 3.63) is 35.1 Å². The quantitative estimate of drug-likeness (QED) is 0.870. The lowest BCUT2D eigenvalue weighted by atomic mass is 10.1. The van der Waals surface area contributed by atoms with Gasteiger partial charge in [-0.2, -0.15) is 5.10 Å². The highest BCUT2D eigenvalue weighted by Gasteiger charge is 2.54. The molecule has 2 aromatic rings. The zero-order valence-corrected chi connectivity index (χ0v) is 14.4. The lowest BCUT2D eigenvalue weighted by molar-refractivity contribution is -0.120. The van der Waals surface area contributed by atoms with Gasteiger partial charge in [0.15, 0.2) is 5.82 Å². The first-order chi connectivity index (χ1) is 12.1. The topological polar surface area (TPSA) is 92.3 Å². The summed E-state index contributed by atoms with van der Waals surface area (Å²) in [6.07, 6.45) is 1.28. The Bertz CT molecular complexity index is 780. The average molecular weight is 363 g/mol. The van der Waals surface area contributed by atoms with Crippen LogP contribution in [0.1, 0.15) is 18.7 Å². The number of rotatable bonds is 5. The molecule has 2 N–H and O–H groups in total. The van der Waals surface area contributed by atoms with Gasteiger partial charge in [0.1, 0.15) is 17.3 Å². The van der Waals surface area contributed by atoms with Crippen LogP contribution in [-0.2, 0) is 26.2 Å². The van der Waals surface area contributed by atoms with Crippen LogP contribution in [0.2, 0.25) is 5.02 Å². The summed E-state index contributed by atoms with van der Waals surface area (Å²) in [5.74, 6) is 0.805. The number of aromatic nitrogens is 3. The van der Waals surface area contributed by atoms with Gasteiger partial charge >= 0.3 is 0 Å².